The number of hydrogen-bond acceptors (Lipinski definition) is 4. The summed E-state index contributed by atoms with van der Waals surface area (Å²) in [4.78, 5) is 28.1. The molecule has 0 aromatic heterocycles. The summed E-state index contributed by atoms with van der Waals surface area (Å²) in [5.74, 6) is -3.75. The van der Waals surface area contributed by atoms with Crippen LogP contribution in [0.25, 0.3) is 0 Å². The second-order valence-corrected chi connectivity index (χ2v) is 11.2. The normalized spacial score (nSPS) is 12.0. The zero-order valence-corrected chi connectivity index (χ0v) is 23.1. The summed E-state index contributed by atoms with van der Waals surface area (Å²) in [6.45, 7) is 1.69. The Kier molecular flexibility index (Phi) is 10.7. The van der Waals surface area contributed by atoms with Crippen molar-refractivity contribution in [2.75, 3.05) is 23.7 Å². The molecule has 0 aliphatic rings. The molecule has 0 saturated carbocycles. The first kappa shape index (κ1) is 30.7. The number of benzene rings is 3. The summed E-state index contributed by atoms with van der Waals surface area (Å²) in [5, 5.41) is 2.75. The molecule has 0 spiro atoms. The van der Waals surface area contributed by atoms with Gasteiger partial charge in [0, 0.05) is 44.1 Å². The van der Waals surface area contributed by atoms with E-state index in [1.54, 1.807) is 13.0 Å². The van der Waals surface area contributed by atoms with Crippen LogP contribution in [-0.2, 0) is 32.6 Å². The van der Waals surface area contributed by atoms with Crippen LogP contribution in [0.4, 0.5) is 18.9 Å². The third-order valence-corrected chi connectivity index (χ3v) is 7.46. The lowest BCUT2D eigenvalue weighted by Gasteiger charge is -2.32. The molecular weight excluding hydrogens is 543 g/mol. The first-order valence-electron chi connectivity index (χ1n) is 12.8. The Morgan fingerprint density at radius 1 is 0.900 bits per heavy atom. The number of nitrogens with zero attached hydrogens (tertiary/aromatic N) is 2. The highest BCUT2D eigenvalue weighted by molar-refractivity contribution is 7.92. The maximum atomic E-state index is 14.6. The van der Waals surface area contributed by atoms with E-state index in [1.165, 1.54) is 23.1 Å². The summed E-state index contributed by atoms with van der Waals surface area (Å²) in [6, 6.07) is 16.8. The van der Waals surface area contributed by atoms with Crippen LogP contribution < -0.4 is 9.62 Å². The Morgan fingerprint density at radius 2 is 1.57 bits per heavy atom. The van der Waals surface area contributed by atoms with Crippen LogP contribution in [0.15, 0.2) is 72.8 Å². The van der Waals surface area contributed by atoms with Crippen molar-refractivity contribution in [3.8, 4) is 0 Å². The number of hydrogen-bond donors (Lipinski definition) is 1. The fourth-order valence-electron chi connectivity index (χ4n) is 4.30. The molecule has 0 bridgehead atoms. The molecule has 0 aliphatic heterocycles. The minimum absolute atomic E-state index is 0.00608. The molecule has 3 rings (SSSR count). The van der Waals surface area contributed by atoms with Crippen molar-refractivity contribution in [3.05, 3.63) is 101 Å². The van der Waals surface area contributed by atoms with Crippen LogP contribution in [0.5, 0.6) is 0 Å². The molecule has 1 atom stereocenters. The van der Waals surface area contributed by atoms with Crippen LogP contribution >= 0.6 is 0 Å². The van der Waals surface area contributed by atoms with E-state index in [2.05, 4.69) is 5.32 Å². The molecule has 7 nitrogen and oxygen atoms in total. The Labute approximate surface area is 232 Å². The van der Waals surface area contributed by atoms with Crippen molar-refractivity contribution >= 4 is 27.5 Å². The fraction of sp³-hybridized carbons (Fsp3) is 0.310. The summed E-state index contributed by atoms with van der Waals surface area (Å²) in [6.07, 6.45) is 0.920. The van der Waals surface area contributed by atoms with Crippen molar-refractivity contribution in [3.63, 3.8) is 0 Å². The van der Waals surface area contributed by atoms with E-state index in [1.807, 2.05) is 30.3 Å². The average Bonchev–Trinajstić information content (AvgIpc) is 2.91. The highest BCUT2D eigenvalue weighted by atomic mass is 32.2. The summed E-state index contributed by atoms with van der Waals surface area (Å²) in [5.41, 5.74) is 0.936. The number of nitrogens with one attached hydrogen (secondary N) is 1. The lowest BCUT2D eigenvalue weighted by molar-refractivity contribution is -0.141. The molecule has 0 aliphatic carbocycles. The van der Waals surface area contributed by atoms with E-state index in [0.717, 1.165) is 34.3 Å². The van der Waals surface area contributed by atoms with Crippen molar-refractivity contribution in [2.24, 2.45) is 0 Å². The monoisotopic (exact) mass is 575 g/mol. The quantitative estimate of drug-likeness (QED) is 0.327. The standard InChI is InChI=1S/C29H32F3N3O4S/c1-3-33-29(37)27(18-21-10-5-4-6-11-21)34(20-22-12-7-8-13-24(22)30)28(36)14-9-17-35(40(2,38)39)23-15-16-25(31)26(32)19-23/h4-8,10-13,15-16,19,27H,3,9,14,17-18,20H2,1-2H3,(H,33,37). The predicted octanol–water partition coefficient (Wildman–Crippen LogP) is 4.43. The van der Waals surface area contributed by atoms with Gasteiger partial charge in [0.25, 0.3) is 0 Å². The Hall–Kier alpha value is -3.86. The van der Waals surface area contributed by atoms with Crippen molar-refractivity contribution < 1.29 is 31.2 Å². The Bertz CT molecular complexity index is 1420. The lowest BCUT2D eigenvalue weighted by Crippen LogP contribution is -2.50. The summed E-state index contributed by atoms with van der Waals surface area (Å²) in [7, 11) is -3.89. The van der Waals surface area contributed by atoms with Gasteiger partial charge in [-0.2, -0.15) is 0 Å². The molecule has 214 valence electrons. The molecule has 0 radical (unpaired) electrons. The zero-order valence-electron chi connectivity index (χ0n) is 22.3. The van der Waals surface area contributed by atoms with Crippen LogP contribution in [-0.4, -0.2) is 50.5 Å². The van der Waals surface area contributed by atoms with Gasteiger partial charge in [-0.3, -0.25) is 13.9 Å². The molecule has 0 fully saturated rings. The van der Waals surface area contributed by atoms with Gasteiger partial charge < -0.3 is 10.2 Å². The van der Waals surface area contributed by atoms with E-state index >= 15 is 0 Å². The number of rotatable bonds is 13. The molecule has 0 heterocycles. The molecule has 1 N–H and O–H groups in total. The summed E-state index contributed by atoms with van der Waals surface area (Å²) < 4.78 is 67.5. The van der Waals surface area contributed by atoms with Gasteiger partial charge in [0.2, 0.25) is 21.8 Å². The second kappa shape index (κ2) is 14.0. The van der Waals surface area contributed by atoms with E-state index in [9.17, 15) is 31.2 Å². The van der Waals surface area contributed by atoms with Gasteiger partial charge in [-0.1, -0.05) is 48.5 Å². The topological polar surface area (TPSA) is 86.8 Å². The first-order valence-corrected chi connectivity index (χ1v) is 14.6. The van der Waals surface area contributed by atoms with Crippen molar-refractivity contribution in [1.82, 2.24) is 10.2 Å². The molecule has 1 unspecified atom stereocenters. The number of likely N-dealkylation sites (N-methyl/N-ethyl adjacent to an activating group) is 1. The SMILES string of the molecule is CCNC(=O)C(Cc1ccccc1)N(Cc1ccccc1F)C(=O)CCCN(c1ccc(F)c(F)c1)S(C)(=O)=O. The number of carbonyl (C=O) groups excluding carboxylic acids is 2. The van der Waals surface area contributed by atoms with Crippen LogP contribution in [0.2, 0.25) is 0 Å². The molecule has 0 saturated heterocycles. The van der Waals surface area contributed by atoms with Gasteiger partial charge in [0.1, 0.15) is 11.9 Å². The maximum absolute atomic E-state index is 14.6. The highest BCUT2D eigenvalue weighted by Gasteiger charge is 2.31. The molecule has 2 amide bonds. The van der Waals surface area contributed by atoms with E-state index in [-0.39, 0.29) is 43.6 Å². The van der Waals surface area contributed by atoms with Gasteiger partial charge >= 0.3 is 0 Å². The molecule has 40 heavy (non-hydrogen) atoms. The number of amides is 2. The molecule has 3 aromatic rings. The molecule has 11 heteroatoms. The second-order valence-electron chi connectivity index (χ2n) is 9.25. The van der Waals surface area contributed by atoms with Crippen molar-refractivity contribution in [1.29, 1.82) is 0 Å². The molecule has 3 aromatic carbocycles. The van der Waals surface area contributed by atoms with Crippen LogP contribution in [0.3, 0.4) is 0 Å². The predicted molar refractivity (Wildman–Crippen MR) is 147 cm³/mol. The van der Waals surface area contributed by atoms with Crippen molar-refractivity contribution in [2.45, 2.75) is 38.8 Å². The summed E-state index contributed by atoms with van der Waals surface area (Å²) >= 11 is 0. The van der Waals surface area contributed by atoms with Gasteiger partial charge in [-0.25, -0.2) is 21.6 Å². The minimum Gasteiger partial charge on any atom is -0.355 e. The number of halogens is 3. The first-order chi connectivity index (χ1) is 19.0. The van der Waals surface area contributed by atoms with Gasteiger partial charge in [0.15, 0.2) is 11.6 Å². The zero-order chi connectivity index (χ0) is 29.3. The third-order valence-electron chi connectivity index (χ3n) is 6.26. The van der Waals surface area contributed by atoms with Crippen LogP contribution in [0.1, 0.15) is 30.9 Å². The van der Waals surface area contributed by atoms with Crippen LogP contribution in [0, 0.1) is 17.5 Å². The fourth-order valence-corrected chi connectivity index (χ4v) is 5.26. The van der Waals surface area contributed by atoms with E-state index in [0.29, 0.717) is 6.54 Å². The van der Waals surface area contributed by atoms with E-state index in [4.69, 9.17) is 0 Å². The van der Waals surface area contributed by atoms with E-state index < -0.39 is 45.3 Å². The largest absolute Gasteiger partial charge is 0.355 e. The average molecular weight is 576 g/mol. The highest BCUT2D eigenvalue weighted by Crippen LogP contribution is 2.22. The maximum Gasteiger partial charge on any atom is 0.243 e. The lowest BCUT2D eigenvalue weighted by atomic mass is 10.0. The smallest absolute Gasteiger partial charge is 0.243 e. The van der Waals surface area contributed by atoms with Gasteiger partial charge in [-0.15, -0.1) is 0 Å². The van der Waals surface area contributed by atoms with Gasteiger partial charge in [-0.05, 0) is 37.1 Å². The molecular formula is C29H32F3N3O4S. The third kappa shape index (κ3) is 8.32. The Morgan fingerprint density at radius 3 is 2.20 bits per heavy atom. The number of sulfonamides is 1. The Balaban J connectivity index is 1.87. The number of carbonyl (C=O) groups is 2. The number of anilines is 1. The van der Waals surface area contributed by atoms with Gasteiger partial charge in [0.05, 0.1) is 11.9 Å². The minimum atomic E-state index is -3.89.